The highest BCUT2D eigenvalue weighted by molar-refractivity contribution is 5.22. The minimum atomic E-state index is -0.790. The first-order valence-corrected chi connectivity index (χ1v) is 8.96. The molecule has 1 aromatic carbocycles. The van der Waals surface area contributed by atoms with Crippen LogP contribution < -0.4 is 4.74 Å². The van der Waals surface area contributed by atoms with Crippen LogP contribution in [0.5, 0.6) is 5.75 Å². The van der Waals surface area contributed by atoms with Gasteiger partial charge in [-0.3, -0.25) is 0 Å². The number of piperidine rings is 1. The molecule has 1 N–H and O–H groups in total. The van der Waals surface area contributed by atoms with Crippen LogP contribution in [-0.2, 0) is 0 Å². The Bertz CT molecular complexity index is 487. The molecule has 0 spiro atoms. The molecule has 1 aliphatic carbocycles. The summed E-state index contributed by atoms with van der Waals surface area (Å²) in [4.78, 5) is 2.41. The molecule has 4 heteroatoms. The second-order valence-electron chi connectivity index (χ2n) is 7.31. The van der Waals surface area contributed by atoms with Crippen LogP contribution >= 0.6 is 0 Å². The van der Waals surface area contributed by atoms with Gasteiger partial charge >= 0.3 is 0 Å². The molecule has 1 saturated carbocycles. The molecule has 1 saturated heterocycles. The van der Waals surface area contributed by atoms with Gasteiger partial charge < -0.3 is 14.7 Å². The summed E-state index contributed by atoms with van der Waals surface area (Å²) in [5.41, 5.74) is -0.790. The van der Waals surface area contributed by atoms with Gasteiger partial charge in [-0.15, -0.1) is 0 Å². The van der Waals surface area contributed by atoms with Gasteiger partial charge in [0, 0.05) is 13.1 Å². The Morgan fingerprint density at radius 1 is 1.13 bits per heavy atom. The van der Waals surface area contributed by atoms with Crippen molar-refractivity contribution in [2.24, 2.45) is 5.92 Å². The second-order valence-corrected chi connectivity index (χ2v) is 7.31. The molecule has 1 aliphatic heterocycles. The summed E-state index contributed by atoms with van der Waals surface area (Å²) in [6, 6.07) is 5.99. The Morgan fingerprint density at radius 2 is 1.87 bits per heavy atom. The molecule has 1 aromatic rings. The molecule has 23 heavy (non-hydrogen) atoms. The van der Waals surface area contributed by atoms with E-state index in [0.717, 1.165) is 31.8 Å². The third-order valence-corrected chi connectivity index (χ3v) is 5.20. The summed E-state index contributed by atoms with van der Waals surface area (Å²) in [5.74, 6) is 1.14. The minimum absolute atomic E-state index is 0.271. The average molecular weight is 321 g/mol. The first-order chi connectivity index (χ1) is 11.1. The van der Waals surface area contributed by atoms with Crippen LogP contribution in [0.2, 0.25) is 0 Å². The number of β-amino-alcohol motifs (C(OH)–C–C–N with tert-alkyl or cyclic N) is 1. The van der Waals surface area contributed by atoms with Crippen LogP contribution in [0.4, 0.5) is 4.39 Å². The maximum Gasteiger partial charge on any atom is 0.123 e. The van der Waals surface area contributed by atoms with E-state index < -0.39 is 5.60 Å². The molecule has 1 heterocycles. The molecule has 128 valence electrons. The van der Waals surface area contributed by atoms with Crippen LogP contribution in [-0.4, -0.2) is 41.8 Å². The van der Waals surface area contributed by atoms with Crippen molar-refractivity contribution in [3.05, 3.63) is 30.1 Å². The highest BCUT2D eigenvalue weighted by atomic mass is 19.1. The lowest BCUT2D eigenvalue weighted by molar-refractivity contribution is -0.0637. The highest BCUT2D eigenvalue weighted by Gasteiger charge is 2.35. The standard InChI is InChI=1S/C19H28FNO2/c20-17-7-9-18(10-8-17)23-15-19(22)11-4-12-21(14-19)13-16-5-2-1-3-6-16/h7-10,16,22H,1-6,11-15H2. The van der Waals surface area contributed by atoms with E-state index in [1.54, 1.807) is 12.1 Å². The Labute approximate surface area is 138 Å². The topological polar surface area (TPSA) is 32.7 Å². The fourth-order valence-electron chi connectivity index (χ4n) is 3.96. The summed E-state index contributed by atoms with van der Waals surface area (Å²) in [6.07, 6.45) is 8.55. The fraction of sp³-hybridized carbons (Fsp3) is 0.684. The van der Waals surface area contributed by atoms with Gasteiger partial charge in [-0.05, 0) is 62.4 Å². The molecule has 2 aliphatic rings. The summed E-state index contributed by atoms with van der Waals surface area (Å²) < 4.78 is 18.6. The smallest absolute Gasteiger partial charge is 0.123 e. The van der Waals surface area contributed by atoms with Crippen LogP contribution in [0.15, 0.2) is 24.3 Å². The highest BCUT2D eigenvalue weighted by Crippen LogP contribution is 2.28. The maximum atomic E-state index is 12.9. The van der Waals surface area contributed by atoms with E-state index in [-0.39, 0.29) is 12.4 Å². The van der Waals surface area contributed by atoms with Crippen LogP contribution in [0.1, 0.15) is 44.9 Å². The van der Waals surface area contributed by atoms with Crippen molar-refractivity contribution in [3.63, 3.8) is 0 Å². The van der Waals surface area contributed by atoms with E-state index in [1.165, 1.54) is 44.2 Å². The molecule has 3 rings (SSSR count). The van der Waals surface area contributed by atoms with Gasteiger partial charge in [0.25, 0.3) is 0 Å². The van der Waals surface area contributed by atoms with Gasteiger partial charge in [0.1, 0.15) is 23.8 Å². The average Bonchev–Trinajstić information content (AvgIpc) is 2.55. The second kappa shape index (κ2) is 7.63. The normalized spacial score (nSPS) is 27.0. The molecule has 3 nitrogen and oxygen atoms in total. The Hall–Kier alpha value is -1.13. The maximum absolute atomic E-state index is 12.9. The van der Waals surface area contributed by atoms with Gasteiger partial charge in [-0.2, -0.15) is 0 Å². The number of rotatable bonds is 5. The van der Waals surface area contributed by atoms with Gasteiger partial charge in [-0.25, -0.2) is 4.39 Å². The van der Waals surface area contributed by atoms with Crippen molar-refractivity contribution < 1.29 is 14.2 Å². The lowest BCUT2D eigenvalue weighted by atomic mass is 9.87. The number of likely N-dealkylation sites (tertiary alicyclic amines) is 1. The fourth-order valence-corrected chi connectivity index (χ4v) is 3.96. The molecule has 1 atom stereocenters. The summed E-state index contributed by atoms with van der Waals surface area (Å²) in [6.45, 7) is 3.15. The predicted molar refractivity (Wildman–Crippen MR) is 89.1 cm³/mol. The SMILES string of the molecule is OC1(COc2ccc(F)cc2)CCCN(CC2CCCCC2)C1. The quantitative estimate of drug-likeness (QED) is 0.899. The number of aliphatic hydroxyl groups is 1. The van der Waals surface area contributed by atoms with Crippen LogP contribution in [0.25, 0.3) is 0 Å². The zero-order chi connectivity index (χ0) is 16.1. The Kier molecular flexibility index (Phi) is 5.54. The minimum Gasteiger partial charge on any atom is -0.491 e. The largest absolute Gasteiger partial charge is 0.491 e. The molecule has 2 fully saturated rings. The van der Waals surface area contributed by atoms with Gasteiger partial charge in [-0.1, -0.05) is 19.3 Å². The van der Waals surface area contributed by atoms with E-state index >= 15 is 0 Å². The number of hydrogen-bond acceptors (Lipinski definition) is 3. The number of hydrogen-bond donors (Lipinski definition) is 1. The lowest BCUT2D eigenvalue weighted by Crippen LogP contribution is -2.52. The van der Waals surface area contributed by atoms with Gasteiger partial charge in [0.15, 0.2) is 0 Å². The summed E-state index contributed by atoms with van der Waals surface area (Å²) in [5, 5.41) is 10.8. The van der Waals surface area contributed by atoms with Crippen molar-refractivity contribution in [1.29, 1.82) is 0 Å². The van der Waals surface area contributed by atoms with E-state index in [9.17, 15) is 9.50 Å². The summed E-state index contributed by atoms with van der Waals surface area (Å²) >= 11 is 0. The number of halogens is 1. The van der Waals surface area contributed by atoms with E-state index in [4.69, 9.17) is 4.74 Å². The Morgan fingerprint density at radius 3 is 2.61 bits per heavy atom. The molecule has 0 amide bonds. The zero-order valence-electron chi connectivity index (χ0n) is 13.8. The number of benzene rings is 1. The van der Waals surface area contributed by atoms with Crippen LogP contribution in [0.3, 0.4) is 0 Å². The third-order valence-electron chi connectivity index (χ3n) is 5.20. The number of nitrogens with zero attached hydrogens (tertiary/aromatic N) is 1. The van der Waals surface area contributed by atoms with Crippen molar-refractivity contribution in [2.45, 2.75) is 50.5 Å². The zero-order valence-corrected chi connectivity index (χ0v) is 13.8. The van der Waals surface area contributed by atoms with E-state index in [2.05, 4.69) is 4.90 Å². The third kappa shape index (κ3) is 4.92. The first kappa shape index (κ1) is 16.7. The van der Waals surface area contributed by atoms with Gasteiger partial charge in [0.05, 0.1) is 0 Å². The van der Waals surface area contributed by atoms with Crippen molar-refractivity contribution >= 4 is 0 Å². The molecule has 1 unspecified atom stereocenters. The van der Waals surface area contributed by atoms with Crippen molar-refractivity contribution in [3.8, 4) is 5.75 Å². The molecule has 0 radical (unpaired) electrons. The molecule has 0 bridgehead atoms. The van der Waals surface area contributed by atoms with E-state index in [1.807, 2.05) is 0 Å². The monoisotopic (exact) mass is 321 g/mol. The van der Waals surface area contributed by atoms with Crippen molar-refractivity contribution in [1.82, 2.24) is 4.90 Å². The van der Waals surface area contributed by atoms with Crippen LogP contribution in [0, 0.1) is 11.7 Å². The molecular formula is C19H28FNO2. The number of ether oxygens (including phenoxy) is 1. The lowest BCUT2D eigenvalue weighted by Gasteiger charge is -2.40. The van der Waals surface area contributed by atoms with E-state index in [0.29, 0.717) is 12.3 Å². The Balaban J connectivity index is 1.50. The van der Waals surface area contributed by atoms with Gasteiger partial charge in [0.2, 0.25) is 0 Å². The molecular weight excluding hydrogens is 293 g/mol. The predicted octanol–water partition coefficient (Wildman–Crippen LogP) is 3.61. The molecule has 0 aromatic heterocycles. The summed E-state index contributed by atoms with van der Waals surface area (Å²) in [7, 11) is 0. The first-order valence-electron chi connectivity index (χ1n) is 8.96. The van der Waals surface area contributed by atoms with Crippen molar-refractivity contribution in [2.75, 3.05) is 26.2 Å².